The fourth-order valence-electron chi connectivity index (χ4n) is 3.99. The van der Waals surface area contributed by atoms with Gasteiger partial charge in [0, 0.05) is 69.9 Å². The van der Waals surface area contributed by atoms with Gasteiger partial charge in [-0.3, -0.25) is 19.3 Å². The fraction of sp³-hybridized carbons (Fsp3) is 0.571. The van der Waals surface area contributed by atoms with Gasteiger partial charge < -0.3 is 14.7 Å². The van der Waals surface area contributed by atoms with E-state index in [2.05, 4.69) is 4.90 Å². The first-order chi connectivity index (χ1) is 13.9. The van der Waals surface area contributed by atoms with Gasteiger partial charge in [-0.25, -0.2) is 0 Å². The van der Waals surface area contributed by atoms with E-state index >= 15 is 0 Å². The number of rotatable bonds is 3. The third kappa shape index (κ3) is 5.28. The number of carbonyl (C=O) groups excluding carboxylic acids is 3. The molecule has 0 N–H and O–H groups in total. The van der Waals surface area contributed by atoms with Crippen LogP contribution in [0.3, 0.4) is 0 Å². The number of piperazine rings is 1. The smallest absolute Gasteiger partial charge is 0.253 e. The Labute approximate surface area is 177 Å². The minimum absolute atomic E-state index is 0.0197. The first-order valence-electron chi connectivity index (χ1n) is 10.2. The molecule has 2 aliphatic heterocycles. The van der Waals surface area contributed by atoms with Crippen molar-refractivity contribution >= 4 is 29.3 Å². The Hall–Kier alpha value is -2.12. The van der Waals surface area contributed by atoms with Crippen molar-refractivity contribution in [1.82, 2.24) is 19.6 Å². The molecule has 0 aliphatic carbocycles. The summed E-state index contributed by atoms with van der Waals surface area (Å²) in [6, 6.07) is 6.78. The maximum Gasteiger partial charge on any atom is 0.253 e. The van der Waals surface area contributed by atoms with E-state index in [0.29, 0.717) is 56.4 Å². The van der Waals surface area contributed by atoms with Crippen molar-refractivity contribution in [3.8, 4) is 0 Å². The molecule has 8 heteroatoms. The molecule has 2 fully saturated rings. The lowest BCUT2D eigenvalue weighted by atomic mass is 10.2. The zero-order valence-corrected chi connectivity index (χ0v) is 17.9. The molecule has 2 heterocycles. The molecule has 3 amide bonds. The summed E-state index contributed by atoms with van der Waals surface area (Å²) in [5, 5.41) is 0.552. The first-order valence-corrected chi connectivity index (χ1v) is 10.6. The summed E-state index contributed by atoms with van der Waals surface area (Å²) in [5.74, 6) is 0.138. The van der Waals surface area contributed by atoms with E-state index < -0.39 is 0 Å². The minimum Gasteiger partial charge on any atom is -0.339 e. The standard InChI is InChI=1S/C21H29ClN4O3/c1-16(20(28)26-13-10-24(11-14-26)17(2)27)23-7-4-8-25(12-9-23)21(29)18-5-3-6-19(22)15-18/h3,5-6,15-16H,4,7-14H2,1-2H3. The third-order valence-corrected chi connectivity index (χ3v) is 6.07. The van der Waals surface area contributed by atoms with Gasteiger partial charge in [-0.15, -0.1) is 0 Å². The van der Waals surface area contributed by atoms with Crippen LogP contribution in [0.4, 0.5) is 0 Å². The Morgan fingerprint density at radius 1 is 0.897 bits per heavy atom. The molecule has 1 aromatic carbocycles. The number of hydrogen-bond donors (Lipinski definition) is 0. The minimum atomic E-state index is -0.236. The molecule has 7 nitrogen and oxygen atoms in total. The summed E-state index contributed by atoms with van der Waals surface area (Å²) in [5.41, 5.74) is 0.596. The van der Waals surface area contributed by atoms with Crippen LogP contribution in [-0.2, 0) is 9.59 Å². The summed E-state index contributed by atoms with van der Waals surface area (Å²) in [7, 11) is 0. The maximum atomic E-state index is 12.9. The summed E-state index contributed by atoms with van der Waals surface area (Å²) in [6.45, 7) is 8.53. The number of amides is 3. The van der Waals surface area contributed by atoms with Gasteiger partial charge in [0.25, 0.3) is 5.91 Å². The van der Waals surface area contributed by atoms with Gasteiger partial charge in [0.15, 0.2) is 0 Å². The second-order valence-electron chi connectivity index (χ2n) is 7.70. The van der Waals surface area contributed by atoms with Crippen LogP contribution in [0.5, 0.6) is 0 Å². The molecule has 0 bridgehead atoms. The van der Waals surface area contributed by atoms with Gasteiger partial charge >= 0.3 is 0 Å². The highest BCUT2D eigenvalue weighted by molar-refractivity contribution is 6.30. The number of nitrogens with zero attached hydrogens (tertiary/aromatic N) is 4. The molecule has 0 spiro atoms. The molecule has 0 aromatic heterocycles. The summed E-state index contributed by atoms with van der Waals surface area (Å²) in [4.78, 5) is 44.8. The molecule has 3 rings (SSSR count). The van der Waals surface area contributed by atoms with Crippen molar-refractivity contribution in [1.29, 1.82) is 0 Å². The molecule has 1 unspecified atom stereocenters. The molecule has 1 aromatic rings. The highest BCUT2D eigenvalue weighted by Crippen LogP contribution is 2.16. The second kappa shape index (κ2) is 9.59. The van der Waals surface area contributed by atoms with Crippen LogP contribution in [-0.4, -0.2) is 95.7 Å². The average Bonchev–Trinajstić information content (AvgIpc) is 2.98. The van der Waals surface area contributed by atoms with Crippen molar-refractivity contribution in [2.45, 2.75) is 26.3 Å². The number of benzene rings is 1. The van der Waals surface area contributed by atoms with Crippen LogP contribution in [0.25, 0.3) is 0 Å². The van der Waals surface area contributed by atoms with E-state index in [1.54, 1.807) is 36.1 Å². The van der Waals surface area contributed by atoms with E-state index in [9.17, 15) is 14.4 Å². The monoisotopic (exact) mass is 420 g/mol. The zero-order chi connectivity index (χ0) is 21.0. The number of hydrogen-bond acceptors (Lipinski definition) is 4. The summed E-state index contributed by atoms with van der Waals surface area (Å²) < 4.78 is 0. The molecule has 2 aliphatic rings. The van der Waals surface area contributed by atoms with Crippen LogP contribution < -0.4 is 0 Å². The quantitative estimate of drug-likeness (QED) is 0.744. The maximum absolute atomic E-state index is 12.9. The molecule has 0 saturated carbocycles. The Morgan fingerprint density at radius 3 is 2.21 bits per heavy atom. The Morgan fingerprint density at radius 2 is 1.55 bits per heavy atom. The topological polar surface area (TPSA) is 64.2 Å². The normalized spacial score (nSPS) is 19.6. The molecule has 0 radical (unpaired) electrons. The van der Waals surface area contributed by atoms with Crippen LogP contribution in [0.2, 0.25) is 5.02 Å². The van der Waals surface area contributed by atoms with Crippen LogP contribution in [0.15, 0.2) is 24.3 Å². The lowest BCUT2D eigenvalue weighted by Gasteiger charge is -2.37. The lowest BCUT2D eigenvalue weighted by Crippen LogP contribution is -2.55. The predicted molar refractivity (Wildman–Crippen MR) is 112 cm³/mol. The van der Waals surface area contributed by atoms with Crippen molar-refractivity contribution in [3.63, 3.8) is 0 Å². The Bertz CT molecular complexity index is 764. The second-order valence-corrected chi connectivity index (χ2v) is 8.14. The van der Waals surface area contributed by atoms with E-state index in [1.165, 1.54) is 0 Å². The van der Waals surface area contributed by atoms with Gasteiger partial charge in [0.05, 0.1) is 6.04 Å². The predicted octanol–water partition coefficient (Wildman–Crippen LogP) is 1.57. The molecule has 158 valence electrons. The van der Waals surface area contributed by atoms with E-state index in [4.69, 9.17) is 11.6 Å². The van der Waals surface area contributed by atoms with Crippen molar-refractivity contribution in [2.75, 3.05) is 52.4 Å². The number of halogens is 1. The molecule has 1 atom stereocenters. The van der Waals surface area contributed by atoms with Gasteiger partial charge in [-0.1, -0.05) is 17.7 Å². The van der Waals surface area contributed by atoms with Crippen LogP contribution >= 0.6 is 11.6 Å². The summed E-state index contributed by atoms with van der Waals surface area (Å²) in [6.07, 6.45) is 0.821. The molecule has 29 heavy (non-hydrogen) atoms. The Balaban J connectivity index is 1.55. The molecule has 2 saturated heterocycles. The van der Waals surface area contributed by atoms with Crippen LogP contribution in [0.1, 0.15) is 30.6 Å². The van der Waals surface area contributed by atoms with Crippen molar-refractivity contribution < 1.29 is 14.4 Å². The van der Waals surface area contributed by atoms with Crippen molar-refractivity contribution in [3.05, 3.63) is 34.9 Å². The third-order valence-electron chi connectivity index (χ3n) is 5.83. The molecular formula is C21H29ClN4O3. The molecular weight excluding hydrogens is 392 g/mol. The van der Waals surface area contributed by atoms with Crippen molar-refractivity contribution in [2.24, 2.45) is 0 Å². The largest absolute Gasteiger partial charge is 0.339 e. The highest BCUT2D eigenvalue weighted by Gasteiger charge is 2.30. The van der Waals surface area contributed by atoms with E-state index in [1.807, 2.05) is 16.7 Å². The number of carbonyl (C=O) groups is 3. The SMILES string of the molecule is CC(=O)N1CCN(C(=O)C(C)N2CCCN(C(=O)c3cccc(Cl)c3)CC2)CC1. The first kappa shape index (κ1) is 21.6. The summed E-state index contributed by atoms with van der Waals surface area (Å²) >= 11 is 6.02. The van der Waals surface area contributed by atoms with Gasteiger partial charge in [-0.2, -0.15) is 0 Å². The average molecular weight is 421 g/mol. The van der Waals surface area contributed by atoms with Gasteiger partial charge in [0.1, 0.15) is 0 Å². The Kier molecular flexibility index (Phi) is 7.14. The van der Waals surface area contributed by atoms with Crippen LogP contribution in [0, 0.1) is 0 Å². The van der Waals surface area contributed by atoms with Gasteiger partial charge in [0.2, 0.25) is 11.8 Å². The van der Waals surface area contributed by atoms with Gasteiger partial charge in [-0.05, 0) is 31.5 Å². The van der Waals surface area contributed by atoms with E-state index in [0.717, 1.165) is 13.0 Å². The highest BCUT2D eigenvalue weighted by atomic mass is 35.5. The van der Waals surface area contributed by atoms with E-state index in [-0.39, 0.29) is 23.8 Å². The lowest BCUT2D eigenvalue weighted by molar-refractivity contribution is -0.141. The zero-order valence-electron chi connectivity index (χ0n) is 17.1. The fourth-order valence-corrected chi connectivity index (χ4v) is 4.18.